The Labute approximate surface area is 165 Å². The number of carbonyl (C=O) groups excluding carboxylic acids is 1. The van der Waals surface area contributed by atoms with E-state index in [0.717, 1.165) is 9.87 Å². The van der Waals surface area contributed by atoms with Gasteiger partial charge in [0.1, 0.15) is 4.90 Å². The van der Waals surface area contributed by atoms with Gasteiger partial charge in [-0.3, -0.25) is 4.79 Å². The van der Waals surface area contributed by atoms with Crippen LogP contribution in [-0.4, -0.2) is 43.5 Å². The van der Waals surface area contributed by atoms with Crippen LogP contribution in [0.15, 0.2) is 46.5 Å². The molecule has 0 aliphatic rings. The van der Waals surface area contributed by atoms with Crippen molar-refractivity contribution in [3.63, 3.8) is 0 Å². The number of amides is 1. The molecule has 27 heavy (non-hydrogen) atoms. The summed E-state index contributed by atoms with van der Waals surface area (Å²) in [5.74, 6) is 0.111. The van der Waals surface area contributed by atoms with Crippen molar-refractivity contribution in [2.24, 2.45) is 0 Å². The summed E-state index contributed by atoms with van der Waals surface area (Å²) < 4.78 is 25.2. The highest BCUT2D eigenvalue weighted by molar-refractivity contribution is 7.99. The standard InChI is InChI=1S/C19H25N3O3S2/c1-13-6-7-16(10-14(13)2)15(3)21-18(23)12-26-19-9-8-17(11-20-19)27(24,25)22(4)5/h6-11,15H,12H2,1-5H3,(H,21,23)/t15-/m0/s1. The molecule has 0 unspecified atom stereocenters. The molecule has 0 saturated heterocycles. The van der Waals surface area contributed by atoms with Crippen molar-refractivity contribution < 1.29 is 13.2 Å². The zero-order valence-corrected chi connectivity index (χ0v) is 17.8. The average Bonchev–Trinajstić information content (AvgIpc) is 2.62. The van der Waals surface area contributed by atoms with Crippen molar-refractivity contribution >= 4 is 27.7 Å². The Hall–Kier alpha value is -1.90. The van der Waals surface area contributed by atoms with E-state index >= 15 is 0 Å². The molecule has 0 spiro atoms. The number of nitrogens with one attached hydrogen (secondary N) is 1. The van der Waals surface area contributed by atoms with Crippen LogP contribution in [0.1, 0.15) is 29.7 Å². The molecular weight excluding hydrogens is 382 g/mol. The van der Waals surface area contributed by atoms with Gasteiger partial charge < -0.3 is 5.32 Å². The number of nitrogens with zero attached hydrogens (tertiary/aromatic N) is 2. The summed E-state index contributed by atoms with van der Waals surface area (Å²) in [6.07, 6.45) is 1.31. The van der Waals surface area contributed by atoms with Gasteiger partial charge in [-0.05, 0) is 49.6 Å². The van der Waals surface area contributed by atoms with Gasteiger partial charge in [0.2, 0.25) is 15.9 Å². The molecular formula is C19H25N3O3S2. The fourth-order valence-corrected chi connectivity index (χ4v) is 3.86. The summed E-state index contributed by atoms with van der Waals surface area (Å²) in [6.45, 7) is 6.06. The quantitative estimate of drug-likeness (QED) is 0.714. The highest BCUT2D eigenvalue weighted by Gasteiger charge is 2.17. The SMILES string of the molecule is Cc1ccc([C@H](C)NC(=O)CSc2ccc(S(=O)(=O)N(C)C)cn2)cc1C. The first kappa shape index (κ1) is 21.4. The molecule has 0 radical (unpaired) electrons. The summed E-state index contributed by atoms with van der Waals surface area (Å²) in [5.41, 5.74) is 3.48. The third-order valence-electron chi connectivity index (χ3n) is 4.25. The highest BCUT2D eigenvalue weighted by atomic mass is 32.2. The van der Waals surface area contributed by atoms with Crippen molar-refractivity contribution in [1.29, 1.82) is 0 Å². The maximum absolute atomic E-state index is 12.2. The number of pyridine rings is 1. The molecule has 1 aromatic carbocycles. The zero-order valence-electron chi connectivity index (χ0n) is 16.2. The van der Waals surface area contributed by atoms with Crippen LogP contribution in [0.3, 0.4) is 0 Å². The number of aromatic nitrogens is 1. The molecule has 1 amide bonds. The van der Waals surface area contributed by atoms with Crippen LogP contribution in [0.2, 0.25) is 0 Å². The van der Waals surface area contributed by atoms with Crippen LogP contribution < -0.4 is 5.32 Å². The van der Waals surface area contributed by atoms with E-state index < -0.39 is 10.0 Å². The molecule has 0 fully saturated rings. The van der Waals surface area contributed by atoms with Crippen molar-refractivity contribution in [2.75, 3.05) is 19.8 Å². The molecule has 1 heterocycles. The lowest BCUT2D eigenvalue weighted by Crippen LogP contribution is -2.28. The number of benzene rings is 1. The van der Waals surface area contributed by atoms with Crippen LogP contribution in [0.4, 0.5) is 0 Å². The number of aryl methyl sites for hydroxylation is 2. The van der Waals surface area contributed by atoms with E-state index in [1.807, 2.05) is 13.0 Å². The molecule has 1 aromatic heterocycles. The second-order valence-corrected chi connectivity index (χ2v) is 9.69. The van der Waals surface area contributed by atoms with E-state index in [4.69, 9.17) is 0 Å². The number of hydrogen-bond acceptors (Lipinski definition) is 5. The molecule has 1 atom stereocenters. The van der Waals surface area contributed by atoms with Gasteiger partial charge >= 0.3 is 0 Å². The minimum atomic E-state index is -3.50. The first-order valence-corrected chi connectivity index (χ1v) is 10.9. The molecule has 2 aromatic rings. The Morgan fingerprint density at radius 1 is 1.19 bits per heavy atom. The number of carbonyl (C=O) groups is 1. The Morgan fingerprint density at radius 2 is 1.89 bits per heavy atom. The zero-order chi connectivity index (χ0) is 20.2. The van der Waals surface area contributed by atoms with Gasteiger partial charge in [0, 0.05) is 20.3 Å². The molecule has 0 aliphatic carbocycles. The maximum atomic E-state index is 12.2. The second kappa shape index (κ2) is 8.86. The van der Waals surface area contributed by atoms with Crippen LogP contribution >= 0.6 is 11.8 Å². The molecule has 146 valence electrons. The minimum Gasteiger partial charge on any atom is -0.349 e. The lowest BCUT2D eigenvalue weighted by molar-refractivity contribution is -0.119. The number of thioether (sulfide) groups is 1. The smallest absolute Gasteiger partial charge is 0.244 e. The second-order valence-electron chi connectivity index (χ2n) is 6.54. The fraction of sp³-hybridized carbons (Fsp3) is 0.368. The predicted octanol–water partition coefficient (Wildman–Crippen LogP) is 2.92. The van der Waals surface area contributed by atoms with Gasteiger partial charge in [-0.1, -0.05) is 30.0 Å². The Bertz CT molecular complexity index is 910. The van der Waals surface area contributed by atoms with Crippen LogP contribution in [0.5, 0.6) is 0 Å². The van der Waals surface area contributed by atoms with E-state index in [2.05, 4.69) is 36.3 Å². The largest absolute Gasteiger partial charge is 0.349 e. The highest BCUT2D eigenvalue weighted by Crippen LogP contribution is 2.20. The van der Waals surface area contributed by atoms with Gasteiger partial charge in [0.15, 0.2) is 0 Å². The molecule has 1 N–H and O–H groups in total. The monoisotopic (exact) mass is 407 g/mol. The molecule has 0 saturated carbocycles. The normalized spacial score (nSPS) is 12.8. The molecule has 8 heteroatoms. The molecule has 2 rings (SSSR count). The van der Waals surface area contributed by atoms with E-state index in [0.29, 0.717) is 5.03 Å². The van der Waals surface area contributed by atoms with Crippen molar-refractivity contribution in [1.82, 2.24) is 14.6 Å². The van der Waals surface area contributed by atoms with Gasteiger partial charge in [-0.2, -0.15) is 0 Å². The minimum absolute atomic E-state index is 0.0852. The summed E-state index contributed by atoms with van der Waals surface area (Å²) in [4.78, 5) is 16.5. The van der Waals surface area contributed by atoms with E-state index in [1.54, 1.807) is 6.07 Å². The van der Waals surface area contributed by atoms with Crippen LogP contribution in [-0.2, 0) is 14.8 Å². The van der Waals surface area contributed by atoms with Gasteiger partial charge in [-0.25, -0.2) is 17.7 Å². The third-order valence-corrected chi connectivity index (χ3v) is 6.99. The first-order chi connectivity index (χ1) is 12.6. The number of hydrogen-bond donors (Lipinski definition) is 1. The molecule has 6 nitrogen and oxygen atoms in total. The van der Waals surface area contributed by atoms with Crippen LogP contribution in [0.25, 0.3) is 0 Å². The summed E-state index contributed by atoms with van der Waals surface area (Å²) in [5, 5.41) is 3.57. The van der Waals surface area contributed by atoms with Gasteiger partial charge in [0.05, 0.1) is 16.8 Å². The van der Waals surface area contributed by atoms with E-state index in [-0.39, 0.29) is 22.6 Å². The maximum Gasteiger partial charge on any atom is 0.244 e. The summed E-state index contributed by atoms with van der Waals surface area (Å²) in [6, 6.07) is 9.18. The summed E-state index contributed by atoms with van der Waals surface area (Å²) >= 11 is 1.27. The van der Waals surface area contributed by atoms with Crippen molar-refractivity contribution in [3.8, 4) is 0 Å². The molecule has 0 bridgehead atoms. The third kappa shape index (κ3) is 5.54. The lowest BCUT2D eigenvalue weighted by Gasteiger charge is -2.15. The number of sulfonamides is 1. The molecule has 0 aliphatic heterocycles. The Kier molecular flexibility index (Phi) is 7.02. The topological polar surface area (TPSA) is 79.4 Å². The first-order valence-electron chi connectivity index (χ1n) is 8.49. The van der Waals surface area contributed by atoms with Crippen molar-refractivity contribution in [2.45, 2.75) is 36.7 Å². The Balaban J connectivity index is 1.92. The predicted molar refractivity (Wildman–Crippen MR) is 108 cm³/mol. The fourth-order valence-electron chi connectivity index (χ4n) is 2.36. The number of rotatable bonds is 7. The summed E-state index contributed by atoms with van der Waals surface area (Å²) in [7, 11) is -0.553. The van der Waals surface area contributed by atoms with Gasteiger partial charge in [0.25, 0.3) is 0 Å². The lowest BCUT2D eigenvalue weighted by atomic mass is 10.0. The van der Waals surface area contributed by atoms with E-state index in [9.17, 15) is 13.2 Å². The van der Waals surface area contributed by atoms with Crippen LogP contribution in [0, 0.1) is 13.8 Å². The van der Waals surface area contributed by atoms with Gasteiger partial charge in [-0.15, -0.1) is 0 Å². The average molecular weight is 408 g/mol. The van der Waals surface area contributed by atoms with E-state index in [1.165, 1.54) is 49.2 Å². The van der Waals surface area contributed by atoms with Crippen molar-refractivity contribution in [3.05, 3.63) is 53.2 Å². The Morgan fingerprint density at radius 3 is 2.44 bits per heavy atom.